The van der Waals surface area contributed by atoms with Crippen LogP contribution in [0.25, 0.3) is 0 Å². The summed E-state index contributed by atoms with van der Waals surface area (Å²) in [6, 6.07) is 8.77. The van der Waals surface area contributed by atoms with Gasteiger partial charge >= 0.3 is 0 Å². The maximum absolute atomic E-state index is 12.7. The average Bonchev–Trinajstić information content (AvgIpc) is 3.41. The number of nitrogens with zero attached hydrogens (tertiary/aromatic N) is 2. The fourth-order valence-electron chi connectivity index (χ4n) is 5.16. The van der Waals surface area contributed by atoms with Crippen LogP contribution in [0.4, 0.5) is 0 Å². The minimum Gasteiger partial charge on any atom is -0.343 e. The first-order valence-electron chi connectivity index (χ1n) is 10.6. The van der Waals surface area contributed by atoms with Crippen molar-refractivity contribution in [2.24, 2.45) is 0 Å². The summed E-state index contributed by atoms with van der Waals surface area (Å²) in [5.74, 6) is 1.52. The Bertz CT molecular complexity index is 813. The van der Waals surface area contributed by atoms with Gasteiger partial charge < -0.3 is 4.90 Å². The van der Waals surface area contributed by atoms with Gasteiger partial charge in [0.05, 0.1) is 10.7 Å². The normalized spacial score (nSPS) is 22.1. The van der Waals surface area contributed by atoms with E-state index >= 15 is 0 Å². The molecule has 1 aromatic carbocycles. The van der Waals surface area contributed by atoms with Gasteiger partial charge in [-0.15, -0.1) is 11.3 Å². The minimum absolute atomic E-state index is 0.361. The lowest BCUT2D eigenvalue weighted by atomic mass is 9.94. The molecule has 1 aliphatic heterocycles. The first-order valence-corrected chi connectivity index (χ1v) is 11.4. The number of piperidine rings is 1. The maximum atomic E-state index is 12.7. The van der Waals surface area contributed by atoms with E-state index in [4.69, 9.17) is 4.98 Å². The van der Waals surface area contributed by atoms with E-state index in [1.54, 1.807) is 0 Å². The summed E-state index contributed by atoms with van der Waals surface area (Å²) < 4.78 is 0. The molecule has 0 bridgehead atoms. The van der Waals surface area contributed by atoms with Crippen molar-refractivity contribution in [1.82, 2.24) is 9.88 Å². The summed E-state index contributed by atoms with van der Waals surface area (Å²) in [7, 11) is 0. The predicted molar refractivity (Wildman–Crippen MR) is 109 cm³/mol. The lowest BCUT2D eigenvalue weighted by Crippen LogP contribution is -2.37. The molecule has 2 aliphatic carbocycles. The Hall–Kier alpha value is -1.68. The molecule has 0 radical (unpaired) electrons. The molecule has 2 aromatic rings. The van der Waals surface area contributed by atoms with E-state index in [-0.39, 0.29) is 0 Å². The lowest BCUT2D eigenvalue weighted by Gasteiger charge is -2.31. The minimum atomic E-state index is 0.361. The Morgan fingerprint density at radius 3 is 2.81 bits per heavy atom. The van der Waals surface area contributed by atoms with Crippen LogP contribution in [0.1, 0.15) is 77.1 Å². The number of likely N-dealkylation sites (tertiary alicyclic amines) is 1. The fourth-order valence-corrected chi connectivity index (χ4v) is 6.48. The molecule has 3 aliphatic rings. The van der Waals surface area contributed by atoms with Crippen LogP contribution in [0.15, 0.2) is 24.3 Å². The lowest BCUT2D eigenvalue weighted by molar-refractivity contribution is -0.132. The molecular weight excluding hydrogens is 352 g/mol. The molecule has 3 nitrogen and oxygen atoms in total. The van der Waals surface area contributed by atoms with Gasteiger partial charge in [-0.1, -0.05) is 24.3 Å². The number of fused-ring (bicyclic) bond motifs is 2. The zero-order chi connectivity index (χ0) is 18.2. The summed E-state index contributed by atoms with van der Waals surface area (Å²) in [5.41, 5.74) is 4.34. The van der Waals surface area contributed by atoms with Crippen LogP contribution in [-0.4, -0.2) is 28.9 Å². The fraction of sp³-hybridized carbons (Fsp3) is 0.565. The number of benzene rings is 1. The standard InChI is InChI=1S/C23H28N2OS/c26-22(11-10-17-9-8-16-4-1-2-5-19(16)17)25-14-12-18(13-15-25)23-24-20-6-3-7-21(20)27-23/h1-2,4-5,17-18H,3,6-15H2. The number of carbonyl (C=O) groups excluding carboxylic acids is 1. The summed E-state index contributed by atoms with van der Waals surface area (Å²) in [4.78, 5) is 21.3. The Morgan fingerprint density at radius 1 is 1.11 bits per heavy atom. The molecule has 0 spiro atoms. The monoisotopic (exact) mass is 380 g/mol. The molecule has 0 saturated carbocycles. The molecule has 142 valence electrons. The second-order valence-corrected chi connectivity index (χ2v) is 9.52. The highest BCUT2D eigenvalue weighted by molar-refractivity contribution is 7.11. The van der Waals surface area contributed by atoms with Gasteiger partial charge in [0.15, 0.2) is 0 Å². The van der Waals surface area contributed by atoms with E-state index in [2.05, 4.69) is 29.2 Å². The number of aryl methyl sites for hydroxylation is 3. The van der Waals surface area contributed by atoms with E-state index in [1.807, 2.05) is 11.3 Å². The van der Waals surface area contributed by atoms with E-state index < -0.39 is 0 Å². The van der Waals surface area contributed by atoms with Gasteiger partial charge in [0.1, 0.15) is 0 Å². The van der Waals surface area contributed by atoms with Crippen LogP contribution in [0, 0.1) is 0 Å². The van der Waals surface area contributed by atoms with Gasteiger partial charge in [0.2, 0.25) is 5.91 Å². The topological polar surface area (TPSA) is 33.2 Å². The van der Waals surface area contributed by atoms with Crippen LogP contribution < -0.4 is 0 Å². The highest BCUT2D eigenvalue weighted by Gasteiger charge is 2.29. The molecule has 5 rings (SSSR count). The summed E-state index contributed by atoms with van der Waals surface area (Å²) >= 11 is 1.94. The Kier molecular flexibility index (Phi) is 4.76. The van der Waals surface area contributed by atoms with Crippen LogP contribution in [0.2, 0.25) is 0 Å². The van der Waals surface area contributed by atoms with Crippen LogP contribution in [-0.2, 0) is 24.1 Å². The Morgan fingerprint density at radius 2 is 1.96 bits per heavy atom. The van der Waals surface area contributed by atoms with Crippen LogP contribution >= 0.6 is 11.3 Å². The average molecular weight is 381 g/mol. The number of aromatic nitrogens is 1. The number of rotatable bonds is 4. The third-order valence-electron chi connectivity index (χ3n) is 6.77. The van der Waals surface area contributed by atoms with E-state index in [9.17, 15) is 4.79 Å². The van der Waals surface area contributed by atoms with E-state index in [1.165, 1.54) is 58.8 Å². The molecule has 1 amide bonds. The highest BCUT2D eigenvalue weighted by Crippen LogP contribution is 2.38. The second-order valence-electron chi connectivity index (χ2n) is 8.40. The van der Waals surface area contributed by atoms with Crippen LogP contribution in [0.3, 0.4) is 0 Å². The van der Waals surface area contributed by atoms with Crippen LogP contribution in [0.5, 0.6) is 0 Å². The highest BCUT2D eigenvalue weighted by atomic mass is 32.1. The summed E-state index contributed by atoms with van der Waals surface area (Å²) in [5, 5.41) is 1.34. The number of thiazole rings is 1. The van der Waals surface area contributed by atoms with Gasteiger partial charge in [-0.25, -0.2) is 4.98 Å². The number of amides is 1. The SMILES string of the molecule is O=C(CCC1CCc2ccccc21)N1CCC(c2nc3c(s2)CCC3)CC1. The first-order chi connectivity index (χ1) is 13.3. The van der Waals surface area contributed by atoms with Gasteiger partial charge in [-0.05, 0) is 68.4 Å². The van der Waals surface area contributed by atoms with Crippen molar-refractivity contribution in [2.75, 3.05) is 13.1 Å². The molecule has 1 fully saturated rings. The molecule has 0 N–H and O–H groups in total. The van der Waals surface area contributed by atoms with Crippen molar-refractivity contribution >= 4 is 17.2 Å². The molecule has 1 saturated heterocycles. The van der Waals surface area contributed by atoms with Gasteiger partial charge in [-0.3, -0.25) is 4.79 Å². The molecule has 1 unspecified atom stereocenters. The molecular formula is C23H28N2OS. The number of carbonyl (C=O) groups is 1. The van der Waals surface area contributed by atoms with Crippen molar-refractivity contribution in [1.29, 1.82) is 0 Å². The predicted octanol–water partition coefficient (Wildman–Crippen LogP) is 4.85. The smallest absolute Gasteiger partial charge is 0.222 e. The number of hydrogen-bond acceptors (Lipinski definition) is 3. The van der Waals surface area contributed by atoms with Crippen molar-refractivity contribution < 1.29 is 4.79 Å². The molecule has 1 aromatic heterocycles. The van der Waals surface area contributed by atoms with E-state index in [0.29, 0.717) is 24.2 Å². The zero-order valence-corrected chi connectivity index (χ0v) is 16.8. The maximum Gasteiger partial charge on any atom is 0.222 e. The van der Waals surface area contributed by atoms with Gasteiger partial charge in [0.25, 0.3) is 0 Å². The first kappa shape index (κ1) is 17.4. The Labute approximate surface area is 165 Å². The van der Waals surface area contributed by atoms with Crippen molar-refractivity contribution in [3.05, 3.63) is 51.0 Å². The van der Waals surface area contributed by atoms with Gasteiger partial charge in [0, 0.05) is 30.3 Å². The molecule has 2 heterocycles. The van der Waals surface area contributed by atoms with Crippen molar-refractivity contribution in [3.8, 4) is 0 Å². The quantitative estimate of drug-likeness (QED) is 0.760. The zero-order valence-electron chi connectivity index (χ0n) is 16.0. The third-order valence-corrected chi connectivity index (χ3v) is 8.09. The van der Waals surface area contributed by atoms with Gasteiger partial charge in [-0.2, -0.15) is 0 Å². The Balaban J connectivity index is 1.13. The summed E-state index contributed by atoms with van der Waals surface area (Å²) in [6.45, 7) is 1.82. The van der Waals surface area contributed by atoms with Crippen molar-refractivity contribution in [3.63, 3.8) is 0 Å². The van der Waals surface area contributed by atoms with Crippen molar-refractivity contribution in [2.45, 2.75) is 69.6 Å². The molecule has 27 heavy (non-hydrogen) atoms. The second kappa shape index (κ2) is 7.38. The molecule has 4 heteroatoms. The third kappa shape index (κ3) is 3.44. The number of hydrogen-bond donors (Lipinski definition) is 0. The summed E-state index contributed by atoms with van der Waals surface area (Å²) in [6.07, 6.45) is 9.97. The van der Waals surface area contributed by atoms with E-state index in [0.717, 1.165) is 32.4 Å². The molecule has 1 atom stereocenters. The largest absolute Gasteiger partial charge is 0.343 e.